The molecular weight excluding hydrogens is 520 g/mol. The third-order valence-corrected chi connectivity index (χ3v) is 8.55. The maximum Gasteiger partial charge on any atom is 0.306 e. The fourth-order valence-corrected chi connectivity index (χ4v) is 5.77. The van der Waals surface area contributed by atoms with Crippen molar-refractivity contribution in [1.29, 1.82) is 0 Å². The van der Waals surface area contributed by atoms with E-state index in [1.807, 2.05) is 30.3 Å². The van der Waals surface area contributed by atoms with Gasteiger partial charge in [0, 0.05) is 39.8 Å². The molecule has 0 spiro atoms. The Morgan fingerprint density at radius 2 is 1.85 bits per heavy atom. The van der Waals surface area contributed by atoms with Crippen LogP contribution in [0.25, 0.3) is 11.1 Å². The minimum atomic E-state index is -3.70. The molecule has 1 aliphatic carbocycles. The van der Waals surface area contributed by atoms with Gasteiger partial charge in [-0.2, -0.15) is 12.7 Å². The van der Waals surface area contributed by atoms with E-state index in [9.17, 15) is 18.3 Å². The van der Waals surface area contributed by atoms with Gasteiger partial charge in [-0.15, -0.1) is 0 Å². The third kappa shape index (κ3) is 5.57. The number of hydrogen-bond donors (Lipinski definition) is 3. The Balaban J connectivity index is 1.12. The predicted octanol–water partition coefficient (Wildman–Crippen LogP) is 2.88. The first-order valence-corrected chi connectivity index (χ1v) is 14.1. The molecule has 1 amide bonds. The Kier molecular flexibility index (Phi) is 7.50. The molecule has 0 bridgehead atoms. The van der Waals surface area contributed by atoms with Crippen LogP contribution in [-0.2, 0) is 21.4 Å². The van der Waals surface area contributed by atoms with Gasteiger partial charge in [0.2, 0.25) is 5.91 Å². The summed E-state index contributed by atoms with van der Waals surface area (Å²) in [6.07, 6.45) is -0.0561. The van der Waals surface area contributed by atoms with E-state index in [4.69, 9.17) is 9.47 Å². The monoisotopic (exact) mass is 552 g/mol. The Hall–Kier alpha value is -3.64. The normalized spacial score (nSPS) is 14.4. The molecule has 0 aromatic heterocycles. The van der Waals surface area contributed by atoms with Gasteiger partial charge >= 0.3 is 10.2 Å². The zero-order valence-electron chi connectivity index (χ0n) is 22.1. The second-order valence-electron chi connectivity index (χ2n) is 9.76. The molecule has 0 saturated carbocycles. The molecule has 206 valence electrons. The molecule has 0 unspecified atom stereocenters. The van der Waals surface area contributed by atoms with E-state index in [1.165, 1.54) is 47.6 Å². The van der Waals surface area contributed by atoms with Crippen molar-refractivity contribution in [1.82, 2.24) is 9.62 Å². The molecule has 3 aromatic carbocycles. The van der Waals surface area contributed by atoms with Crippen LogP contribution >= 0.6 is 0 Å². The number of benzene rings is 3. The van der Waals surface area contributed by atoms with E-state index in [2.05, 4.69) is 16.7 Å². The summed E-state index contributed by atoms with van der Waals surface area (Å²) in [5.41, 5.74) is 6.48. The first kappa shape index (κ1) is 26.9. The van der Waals surface area contributed by atoms with Crippen LogP contribution in [0.3, 0.4) is 0 Å². The number of fused-ring (bicyclic) bond motifs is 4. The van der Waals surface area contributed by atoms with E-state index >= 15 is 0 Å². The number of rotatable bonds is 10. The van der Waals surface area contributed by atoms with Crippen LogP contribution in [0.15, 0.2) is 54.6 Å². The van der Waals surface area contributed by atoms with Crippen molar-refractivity contribution in [3.63, 3.8) is 0 Å². The fraction of sp³-hybridized carbons (Fsp3) is 0.321. The van der Waals surface area contributed by atoms with Gasteiger partial charge in [0.1, 0.15) is 18.1 Å². The van der Waals surface area contributed by atoms with E-state index in [0.29, 0.717) is 30.2 Å². The molecule has 3 aromatic rings. The summed E-state index contributed by atoms with van der Waals surface area (Å²) >= 11 is 0. The minimum Gasteiger partial charge on any atom is -0.492 e. The second-order valence-corrected chi connectivity index (χ2v) is 11.8. The van der Waals surface area contributed by atoms with Gasteiger partial charge in [-0.3, -0.25) is 4.79 Å². The summed E-state index contributed by atoms with van der Waals surface area (Å²) in [6.45, 7) is 2.61. The van der Waals surface area contributed by atoms with Crippen LogP contribution in [0, 0.1) is 0 Å². The summed E-state index contributed by atoms with van der Waals surface area (Å²) in [5, 5.41) is 16.7. The highest BCUT2D eigenvalue weighted by atomic mass is 32.2. The zero-order chi connectivity index (χ0) is 27.7. The first-order valence-electron chi connectivity index (χ1n) is 12.7. The summed E-state index contributed by atoms with van der Waals surface area (Å²) in [4.78, 5) is 11.4. The number of hydrogen-bond acceptors (Lipinski definition) is 7. The third-order valence-electron chi connectivity index (χ3n) is 6.77. The largest absolute Gasteiger partial charge is 0.492 e. The van der Waals surface area contributed by atoms with Crippen LogP contribution in [0.4, 0.5) is 11.4 Å². The van der Waals surface area contributed by atoms with Crippen molar-refractivity contribution < 1.29 is 27.8 Å². The highest BCUT2D eigenvalue weighted by Gasteiger charge is 2.33. The smallest absolute Gasteiger partial charge is 0.306 e. The van der Waals surface area contributed by atoms with Crippen LogP contribution in [0.5, 0.6) is 11.5 Å². The summed E-state index contributed by atoms with van der Waals surface area (Å²) in [7, 11) is -0.770. The molecule has 39 heavy (non-hydrogen) atoms. The van der Waals surface area contributed by atoms with Gasteiger partial charge in [-0.25, -0.2) is 4.31 Å². The highest BCUT2D eigenvalue weighted by Crippen LogP contribution is 2.40. The average molecular weight is 553 g/mol. The fourth-order valence-electron chi connectivity index (χ4n) is 4.80. The highest BCUT2D eigenvalue weighted by molar-refractivity contribution is 7.90. The molecular formula is C28H32N4O6S. The van der Waals surface area contributed by atoms with Crippen molar-refractivity contribution in [2.45, 2.75) is 19.4 Å². The second kappa shape index (κ2) is 10.9. The number of aliphatic hydroxyl groups is 1. The number of ether oxygens (including phenoxy) is 2. The summed E-state index contributed by atoms with van der Waals surface area (Å²) < 4.78 is 38.9. The van der Waals surface area contributed by atoms with Gasteiger partial charge in [0.05, 0.1) is 11.8 Å². The Bertz CT molecular complexity index is 1510. The number of carbonyl (C=O) groups is 1. The Morgan fingerprint density at radius 3 is 2.59 bits per heavy atom. The minimum absolute atomic E-state index is 0.0914. The molecule has 0 radical (unpaired) electrons. The average Bonchev–Trinajstić information content (AvgIpc) is 3.48. The lowest BCUT2D eigenvalue weighted by atomic mass is 10.1. The molecule has 1 heterocycles. The van der Waals surface area contributed by atoms with Gasteiger partial charge < -0.3 is 25.2 Å². The van der Waals surface area contributed by atoms with Crippen molar-refractivity contribution >= 4 is 27.5 Å². The van der Waals surface area contributed by atoms with Gasteiger partial charge in [-0.05, 0) is 70.6 Å². The lowest BCUT2D eigenvalue weighted by Gasteiger charge is -2.22. The molecule has 3 N–H and O–H groups in total. The van der Waals surface area contributed by atoms with Crippen molar-refractivity contribution in [3.8, 4) is 22.6 Å². The Morgan fingerprint density at radius 1 is 1.10 bits per heavy atom. The maximum atomic E-state index is 12.6. The number of aliphatic hydroxyl groups excluding tert-OH is 1. The van der Waals surface area contributed by atoms with E-state index in [1.54, 1.807) is 18.2 Å². The maximum absolute atomic E-state index is 12.6. The van der Waals surface area contributed by atoms with Crippen LogP contribution in [-0.4, -0.2) is 64.3 Å². The topological polar surface area (TPSA) is 120 Å². The molecule has 10 nitrogen and oxygen atoms in total. The van der Waals surface area contributed by atoms with E-state index in [0.717, 1.165) is 22.2 Å². The number of anilines is 2. The quantitative estimate of drug-likeness (QED) is 0.259. The molecule has 1 aliphatic heterocycles. The predicted molar refractivity (Wildman–Crippen MR) is 149 cm³/mol. The van der Waals surface area contributed by atoms with Gasteiger partial charge in [-0.1, -0.05) is 18.2 Å². The van der Waals surface area contributed by atoms with Crippen LogP contribution in [0.2, 0.25) is 0 Å². The molecule has 11 heteroatoms. The molecule has 0 fully saturated rings. The summed E-state index contributed by atoms with van der Waals surface area (Å²) in [6, 6.07) is 17.1. The number of nitrogens with zero attached hydrogens (tertiary/aromatic N) is 2. The van der Waals surface area contributed by atoms with Crippen LogP contribution in [0.1, 0.15) is 29.7 Å². The molecule has 5 rings (SSSR count). The summed E-state index contributed by atoms with van der Waals surface area (Å²) in [5.74, 6) is 1.14. The first-order chi connectivity index (χ1) is 18.6. The van der Waals surface area contributed by atoms with Crippen molar-refractivity contribution in [3.05, 3.63) is 71.3 Å². The standard InChI is InChI=1S/C28H32N4O6S/c1-18(33)30-22-5-7-24-20(13-22)12-21-14-23(6-8-25(21)24)37-11-10-29-16-27(34)19-4-9-28-26(15-19)32(17-38-28)39(35,36)31(2)3/h4-9,13-15,27,29,34H,10-12,16-17H2,1-3H3,(H,30,33)/t27-/m0/s1. The molecule has 2 aliphatic rings. The number of carbonyl (C=O) groups excluding carboxylic acids is 1. The number of nitrogens with one attached hydrogen (secondary N) is 2. The van der Waals surface area contributed by atoms with Gasteiger partial charge in [0.25, 0.3) is 0 Å². The van der Waals surface area contributed by atoms with Crippen molar-refractivity contribution in [2.24, 2.45) is 0 Å². The SMILES string of the molecule is CC(=O)Nc1ccc2c(c1)Cc1cc(OCCNC[C@H](O)c3ccc4c(c3)N(S(=O)(=O)N(C)C)CO4)ccc1-2. The number of amides is 1. The lowest BCUT2D eigenvalue weighted by Crippen LogP contribution is -2.39. The molecule has 0 saturated heterocycles. The van der Waals surface area contributed by atoms with E-state index < -0.39 is 16.3 Å². The molecule has 1 atom stereocenters. The lowest BCUT2D eigenvalue weighted by molar-refractivity contribution is -0.114. The zero-order valence-corrected chi connectivity index (χ0v) is 22.9. The Labute approximate surface area is 228 Å². The van der Waals surface area contributed by atoms with Crippen LogP contribution < -0.4 is 24.4 Å². The van der Waals surface area contributed by atoms with Crippen molar-refractivity contribution in [2.75, 3.05) is 50.1 Å². The van der Waals surface area contributed by atoms with Gasteiger partial charge in [0.15, 0.2) is 6.73 Å². The van der Waals surface area contributed by atoms with E-state index in [-0.39, 0.29) is 19.2 Å².